The van der Waals surface area contributed by atoms with Gasteiger partial charge >= 0.3 is 0 Å². The molecule has 2 bridgehead atoms. The van der Waals surface area contributed by atoms with E-state index in [1.807, 2.05) is 26.0 Å². The first-order chi connectivity index (χ1) is 15.5. The molecular weight excluding hydrogens is 418 g/mol. The Morgan fingerprint density at radius 3 is 2.67 bits per heavy atom. The lowest BCUT2D eigenvalue weighted by molar-refractivity contribution is -0.180. The average molecular weight is 454 g/mol. The van der Waals surface area contributed by atoms with Crippen molar-refractivity contribution in [1.82, 2.24) is 4.98 Å². The minimum Gasteiger partial charge on any atom is -0.466 e. The van der Waals surface area contributed by atoms with Gasteiger partial charge in [-0.25, -0.2) is 4.98 Å². The normalized spacial score (nSPS) is 43.3. The molecule has 6 nitrogen and oxygen atoms in total. The molecule has 3 N–H and O–H groups in total. The molecule has 0 amide bonds. The number of ether oxygens (including phenoxy) is 1. The van der Waals surface area contributed by atoms with Gasteiger partial charge in [0.2, 0.25) is 5.88 Å². The molecule has 4 aliphatic carbocycles. The van der Waals surface area contributed by atoms with Crippen LogP contribution >= 0.6 is 0 Å². The number of fused-ring (bicyclic) bond motifs is 3. The van der Waals surface area contributed by atoms with Crippen LogP contribution in [0.25, 0.3) is 0 Å². The molecule has 0 aromatic carbocycles. The zero-order chi connectivity index (χ0) is 23.9. The largest absolute Gasteiger partial charge is 0.466 e. The van der Waals surface area contributed by atoms with Gasteiger partial charge in [-0.1, -0.05) is 39.0 Å². The molecule has 8 atom stereocenters. The van der Waals surface area contributed by atoms with Crippen LogP contribution in [0.15, 0.2) is 41.6 Å². The highest BCUT2D eigenvalue weighted by Crippen LogP contribution is 2.69. The van der Waals surface area contributed by atoms with Crippen molar-refractivity contribution in [2.24, 2.45) is 34.5 Å². The second kappa shape index (κ2) is 7.24. The molecule has 2 saturated carbocycles. The summed E-state index contributed by atoms with van der Waals surface area (Å²) >= 11 is 0. The van der Waals surface area contributed by atoms with Crippen LogP contribution in [0, 0.1) is 41.4 Å². The fourth-order valence-electron chi connectivity index (χ4n) is 7.43. The smallest absolute Gasteiger partial charge is 0.216 e. The van der Waals surface area contributed by atoms with E-state index >= 15 is 0 Å². The molecule has 1 aromatic heterocycles. The lowest BCUT2D eigenvalue weighted by atomic mass is 9.60. The fraction of sp³-hybridized carbons (Fsp3) is 0.630. The Kier molecular flexibility index (Phi) is 4.99. The number of nitrogens with zero attached hydrogens (tertiary/aromatic N) is 1. The molecule has 1 aromatic rings. The van der Waals surface area contributed by atoms with Gasteiger partial charge in [0.05, 0.1) is 12.0 Å². The maximum absolute atomic E-state index is 14.4. The zero-order valence-electron chi connectivity index (χ0n) is 20.1. The predicted molar refractivity (Wildman–Crippen MR) is 123 cm³/mol. The number of carbonyl (C=O) groups is 1. The standard InChI is InChI=1S/C27H35NO5/c1-14-9-19-20(25(19,4)5)18-10-17(13-29)21(30)27(32)23(33-24-15(2)7-6-8-28-24)16(3)12-26(27,11-14)22(18)31/h6-8,10,12,14,18-21,23,29-30,32H,9,11,13H2,1-5H3/t14?,18-,19?,20?,21+,23-,26?,27-/m0/s1. The van der Waals surface area contributed by atoms with Crippen molar-refractivity contribution >= 4 is 5.78 Å². The predicted octanol–water partition coefficient (Wildman–Crippen LogP) is 3.00. The van der Waals surface area contributed by atoms with Gasteiger partial charge in [0.15, 0.2) is 17.5 Å². The summed E-state index contributed by atoms with van der Waals surface area (Å²) in [5, 5.41) is 34.3. The molecule has 33 heavy (non-hydrogen) atoms. The Morgan fingerprint density at radius 1 is 1.27 bits per heavy atom. The molecule has 5 rings (SSSR count). The van der Waals surface area contributed by atoms with Crippen LogP contribution in [0.4, 0.5) is 0 Å². The van der Waals surface area contributed by atoms with E-state index in [9.17, 15) is 20.1 Å². The van der Waals surface area contributed by atoms with E-state index in [1.165, 1.54) is 0 Å². The maximum Gasteiger partial charge on any atom is 0.216 e. The first-order valence-corrected chi connectivity index (χ1v) is 12.0. The summed E-state index contributed by atoms with van der Waals surface area (Å²) < 4.78 is 6.28. The van der Waals surface area contributed by atoms with Crippen molar-refractivity contribution in [2.75, 3.05) is 6.61 Å². The SMILES string of the molecule is CC1=CC23CC(C)CC4C([C@H](C=C(CO)[C@@H](O)[C@]2(O)[C@H]1Oc1ncccc1C)C3=O)C4(C)C. The number of pyridine rings is 1. The Bertz CT molecular complexity index is 1060. The van der Waals surface area contributed by atoms with Crippen molar-refractivity contribution in [3.05, 3.63) is 47.2 Å². The van der Waals surface area contributed by atoms with Crippen LogP contribution < -0.4 is 4.74 Å². The van der Waals surface area contributed by atoms with Crippen molar-refractivity contribution in [2.45, 2.75) is 65.3 Å². The van der Waals surface area contributed by atoms with Crippen LogP contribution in [-0.4, -0.2) is 50.5 Å². The van der Waals surface area contributed by atoms with E-state index in [1.54, 1.807) is 18.3 Å². The van der Waals surface area contributed by atoms with E-state index in [2.05, 4.69) is 25.8 Å². The van der Waals surface area contributed by atoms with Crippen molar-refractivity contribution in [3.63, 3.8) is 0 Å². The maximum atomic E-state index is 14.4. The lowest BCUT2D eigenvalue weighted by Crippen LogP contribution is -2.65. The highest BCUT2D eigenvalue weighted by Gasteiger charge is 2.73. The van der Waals surface area contributed by atoms with Crippen LogP contribution in [0.1, 0.15) is 46.1 Å². The molecule has 4 aliphatic rings. The highest BCUT2D eigenvalue weighted by molar-refractivity contribution is 5.94. The lowest BCUT2D eigenvalue weighted by Gasteiger charge is -2.47. The summed E-state index contributed by atoms with van der Waals surface area (Å²) in [6.07, 6.45) is 4.22. The van der Waals surface area contributed by atoms with Crippen molar-refractivity contribution in [1.29, 1.82) is 0 Å². The number of aliphatic hydroxyl groups excluding tert-OH is 2. The number of allylic oxidation sites excluding steroid dienone is 1. The average Bonchev–Trinajstić information content (AvgIpc) is 3.22. The summed E-state index contributed by atoms with van der Waals surface area (Å²) in [5.74, 6) is 0.557. The molecule has 4 unspecified atom stereocenters. The summed E-state index contributed by atoms with van der Waals surface area (Å²) in [6.45, 7) is 9.82. The monoisotopic (exact) mass is 453 g/mol. The highest BCUT2D eigenvalue weighted by atomic mass is 16.5. The molecule has 1 spiro atoms. The first kappa shape index (κ1) is 22.8. The van der Waals surface area contributed by atoms with Gasteiger partial charge in [-0.2, -0.15) is 0 Å². The molecule has 178 valence electrons. The van der Waals surface area contributed by atoms with Gasteiger partial charge in [-0.3, -0.25) is 4.79 Å². The molecule has 1 heterocycles. The number of hydrogen-bond donors (Lipinski definition) is 3. The van der Waals surface area contributed by atoms with Crippen LogP contribution in [0.5, 0.6) is 5.88 Å². The van der Waals surface area contributed by atoms with Gasteiger partial charge in [0, 0.05) is 17.7 Å². The van der Waals surface area contributed by atoms with Gasteiger partial charge in [0.1, 0.15) is 6.10 Å². The van der Waals surface area contributed by atoms with E-state index in [0.29, 0.717) is 29.4 Å². The third kappa shape index (κ3) is 2.90. The Balaban J connectivity index is 1.69. The molecular formula is C27H35NO5. The van der Waals surface area contributed by atoms with Gasteiger partial charge in [0.25, 0.3) is 0 Å². The Hall–Kier alpha value is -2.02. The first-order valence-electron chi connectivity index (χ1n) is 12.0. The number of carbonyl (C=O) groups excluding carboxylic acids is 1. The topological polar surface area (TPSA) is 99.9 Å². The molecule has 6 heteroatoms. The van der Waals surface area contributed by atoms with E-state index < -0.39 is 35.7 Å². The number of aryl methyl sites for hydroxylation is 1. The molecule has 0 aliphatic heterocycles. The van der Waals surface area contributed by atoms with Crippen LogP contribution in [0.3, 0.4) is 0 Å². The summed E-state index contributed by atoms with van der Waals surface area (Å²) in [6, 6.07) is 3.67. The number of Topliss-reactive ketones (excluding diaryl/α,β-unsaturated/α-hetero) is 1. The Labute approximate surface area is 195 Å². The third-order valence-corrected chi connectivity index (χ3v) is 9.13. The summed E-state index contributed by atoms with van der Waals surface area (Å²) in [5.41, 5.74) is -1.45. The van der Waals surface area contributed by atoms with Gasteiger partial charge < -0.3 is 20.1 Å². The second-order valence-electron chi connectivity index (χ2n) is 11.5. The molecule has 2 fully saturated rings. The number of rotatable bonds is 3. The third-order valence-electron chi connectivity index (χ3n) is 9.13. The van der Waals surface area contributed by atoms with Crippen molar-refractivity contribution in [3.8, 4) is 5.88 Å². The number of ketones is 1. The van der Waals surface area contributed by atoms with Crippen LogP contribution in [-0.2, 0) is 4.79 Å². The van der Waals surface area contributed by atoms with E-state index in [0.717, 1.165) is 12.0 Å². The summed E-state index contributed by atoms with van der Waals surface area (Å²) in [7, 11) is 0. The van der Waals surface area contributed by atoms with Crippen molar-refractivity contribution < 1.29 is 24.9 Å². The zero-order valence-corrected chi connectivity index (χ0v) is 20.1. The summed E-state index contributed by atoms with van der Waals surface area (Å²) in [4.78, 5) is 18.7. The number of aliphatic hydroxyl groups is 3. The van der Waals surface area contributed by atoms with E-state index in [4.69, 9.17) is 4.74 Å². The van der Waals surface area contributed by atoms with E-state index in [-0.39, 0.29) is 23.0 Å². The molecule has 0 saturated heterocycles. The minimum atomic E-state index is -1.94. The number of hydrogen-bond acceptors (Lipinski definition) is 6. The molecule has 0 radical (unpaired) electrons. The quantitative estimate of drug-likeness (QED) is 0.609. The minimum absolute atomic E-state index is 0.00290. The number of aromatic nitrogens is 1. The van der Waals surface area contributed by atoms with Crippen LogP contribution in [0.2, 0.25) is 0 Å². The van der Waals surface area contributed by atoms with Gasteiger partial charge in [-0.15, -0.1) is 0 Å². The fourth-order valence-corrected chi connectivity index (χ4v) is 7.43. The van der Waals surface area contributed by atoms with Gasteiger partial charge in [-0.05, 0) is 67.1 Å². The second-order valence-corrected chi connectivity index (χ2v) is 11.5. The Morgan fingerprint density at radius 2 is 2.00 bits per heavy atom.